The summed E-state index contributed by atoms with van der Waals surface area (Å²) >= 11 is 5.67. The Labute approximate surface area is 135 Å². The maximum absolute atomic E-state index is 13.6. The van der Waals surface area contributed by atoms with Crippen LogP contribution in [-0.2, 0) is 9.47 Å². The van der Waals surface area contributed by atoms with Gasteiger partial charge in [0.2, 0.25) is 0 Å². The second-order valence-corrected chi connectivity index (χ2v) is 6.18. The summed E-state index contributed by atoms with van der Waals surface area (Å²) in [6, 6.07) is 4.24. The zero-order valence-corrected chi connectivity index (χ0v) is 13.7. The maximum atomic E-state index is 13.6. The number of hydrogen-bond donors (Lipinski definition) is 1. The Bertz CT molecular complexity index is 529. The lowest BCUT2D eigenvalue weighted by Gasteiger charge is -2.24. The molecule has 0 aliphatic carbocycles. The van der Waals surface area contributed by atoms with E-state index in [4.69, 9.17) is 21.1 Å². The van der Waals surface area contributed by atoms with Crippen LogP contribution in [0.5, 0.6) is 0 Å². The van der Waals surface area contributed by atoms with Crippen LogP contribution in [0.2, 0.25) is 5.02 Å². The largest absolute Gasteiger partial charge is 0.439 e. The first-order chi connectivity index (χ1) is 10.2. The lowest BCUT2D eigenvalue weighted by Crippen LogP contribution is -2.41. The van der Waals surface area contributed by atoms with Crippen LogP contribution in [0.15, 0.2) is 30.9 Å². The molecule has 22 heavy (non-hydrogen) atoms. The van der Waals surface area contributed by atoms with Gasteiger partial charge in [-0.25, -0.2) is 9.18 Å². The highest BCUT2D eigenvalue weighted by atomic mass is 35.5. The minimum absolute atomic E-state index is 0.00801. The predicted molar refractivity (Wildman–Crippen MR) is 84.5 cm³/mol. The molecular formula is C16H21ClFNO3. The van der Waals surface area contributed by atoms with Crippen LogP contribution in [0.1, 0.15) is 32.4 Å². The van der Waals surface area contributed by atoms with E-state index in [-0.39, 0.29) is 11.6 Å². The van der Waals surface area contributed by atoms with E-state index >= 15 is 0 Å². The lowest BCUT2D eigenvalue weighted by molar-refractivity contribution is 0.0251. The molecule has 0 spiro atoms. The third kappa shape index (κ3) is 6.45. The van der Waals surface area contributed by atoms with E-state index in [1.807, 2.05) is 20.8 Å². The van der Waals surface area contributed by atoms with Gasteiger partial charge in [0, 0.05) is 5.54 Å². The summed E-state index contributed by atoms with van der Waals surface area (Å²) < 4.78 is 24.2. The van der Waals surface area contributed by atoms with Crippen LogP contribution in [0, 0.1) is 5.82 Å². The van der Waals surface area contributed by atoms with E-state index in [2.05, 4.69) is 11.9 Å². The molecule has 6 heteroatoms. The molecule has 0 bridgehead atoms. The first-order valence-corrected chi connectivity index (χ1v) is 7.23. The van der Waals surface area contributed by atoms with Gasteiger partial charge in [-0.05, 0) is 38.5 Å². The molecule has 0 unspecified atom stereocenters. The van der Waals surface area contributed by atoms with E-state index in [0.717, 1.165) is 0 Å². The van der Waals surface area contributed by atoms with Crippen molar-refractivity contribution in [3.63, 3.8) is 0 Å². The molecule has 1 aromatic carbocycles. The van der Waals surface area contributed by atoms with Crippen molar-refractivity contribution in [1.82, 2.24) is 5.32 Å². The minimum Gasteiger partial charge on any atom is -0.439 e. The molecule has 0 radical (unpaired) electrons. The van der Waals surface area contributed by atoms with E-state index < -0.39 is 23.6 Å². The number of carbonyl (C=O) groups excluding carboxylic acids is 1. The second kappa shape index (κ2) is 8.15. The smallest absolute Gasteiger partial charge is 0.408 e. The first kappa shape index (κ1) is 18.5. The second-order valence-electron chi connectivity index (χ2n) is 5.77. The Morgan fingerprint density at radius 3 is 2.73 bits per heavy atom. The van der Waals surface area contributed by atoms with Gasteiger partial charge in [-0.3, -0.25) is 0 Å². The molecule has 1 atom stereocenters. The van der Waals surface area contributed by atoms with Gasteiger partial charge in [-0.15, -0.1) is 6.58 Å². The summed E-state index contributed by atoms with van der Waals surface area (Å²) in [7, 11) is 0. The quantitative estimate of drug-likeness (QED) is 0.627. The molecular weight excluding hydrogens is 309 g/mol. The maximum Gasteiger partial charge on any atom is 0.408 e. The molecule has 1 N–H and O–H groups in total. The topological polar surface area (TPSA) is 47.6 Å². The monoisotopic (exact) mass is 329 g/mol. The highest BCUT2D eigenvalue weighted by Crippen LogP contribution is 2.23. The van der Waals surface area contributed by atoms with Gasteiger partial charge in [-0.1, -0.05) is 23.7 Å². The highest BCUT2D eigenvalue weighted by Gasteiger charge is 2.21. The zero-order chi connectivity index (χ0) is 16.8. The van der Waals surface area contributed by atoms with Crippen LogP contribution in [-0.4, -0.2) is 24.8 Å². The molecule has 4 nitrogen and oxygen atoms in total. The first-order valence-electron chi connectivity index (χ1n) is 6.85. The van der Waals surface area contributed by atoms with Gasteiger partial charge < -0.3 is 14.8 Å². The summed E-state index contributed by atoms with van der Waals surface area (Å²) in [5, 5.41) is 2.69. The van der Waals surface area contributed by atoms with Gasteiger partial charge in [-0.2, -0.15) is 0 Å². The fraction of sp³-hybridized carbons (Fsp3) is 0.438. The summed E-state index contributed by atoms with van der Waals surface area (Å²) in [6.45, 7) is 9.43. The molecule has 0 fully saturated rings. The van der Waals surface area contributed by atoms with Crippen molar-refractivity contribution < 1.29 is 18.7 Å². The zero-order valence-electron chi connectivity index (χ0n) is 13.0. The van der Waals surface area contributed by atoms with Crippen molar-refractivity contribution >= 4 is 17.7 Å². The number of alkyl carbamates (subject to hydrolysis) is 1. The molecule has 1 rings (SSSR count). The van der Waals surface area contributed by atoms with Gasteiger partial charge in [0.05, 0.1) is 18.2 Å². The summed E-state index contributed by atoms with van der Waals surface area (Å²) in [5.74, 6) is -0.576. The van der Waals surface area contributed by atoms with Crippen molar-refractivity contribution in [3.05, 3.63) is 47.3 Å². The Balaban J connectivity index is 2.85. The standard InChI is InChI=1S/C16H21ClFNO3/c1-5-8-21-10-14(22-15(20)19-16(2,3)4)11-6-7-12(17)13(18)9-11/h5-7,9,14H,1,8,10H2,2-4H3,(H,19,20)/t14-/m1/s1. The van der Waals surface area contributed by atoms with Crippen LogP contribution in [0.3, 0.4) is 0 Å². The average Bonchev–Trinajstić information content (AvgIpc) is 2.39. The number of hydrogen-bond acceptors (Lipinski definition) is 3. The Kier molecular flexibility index (Phi) is 6.84. The van der Waals surface area contributed by atoms with Crippen LogP contribution in [0.4, 0.5) is 9.18 Å². The molecule has 0 aliphatic heterocycles. The molecule has 0 heterocycles. The molecule has 1 aromatic rings. The Hall–Kier alpha value is -1.59. The number of benzene rings is 1. The SMILES string of the molecule is C=CCOC[C@@H](OC(=O)NC(C)(C)C)c1ccc(Cl)c(F)c1. The van der Waals surface area contributed by atoms with Crippen LogP contribution < -0.4 is 5.32 Å². The van der Waals surface area contributed by atoms with Crippen LogP contribution in [0.25, 0.3) is 0 Å². The van der Waals surface area contributed by atoms with Gasteiger partial charge in [0.15, 0.2) is 6.10 Å². The van der Waals surface area contributed by atoms with Crippen molar-refractivity contribution in [3.8, 4) is 0 Å². The number of amides is 1. The molecule has 122 valence electrons. The molecule has 0 saturated carbocycles. The van der Waals surface area contributed by atoms with Crippen molar-refractivity contribution in [1.29, 1.82) is 0 Å². The number of halogens is 2. The van der Waals surface area contributed by atoms with Gasteiger partial charge in [0.1, 0.15) is 5.82 Å². The van der Waals surface area contributed by atoms with E-state index in [9.17, 15) is 9.18 Å². The van der Waals surface area contributed by atoms with Crippen molar-refractivity contribution in [2.45, 2.75) is 32.4 Å². The fourth-order valence-electron chi connectivity index (χ4n) is 1.63. The molecule has 0 aliphatic rings. The third-order valence-electron chi connectivity index (χ3n) is 2.55. The summed E-state index contributed by atoms with van der Waals surface area (Å²) in [6.07, 6.45) is 0.235. The minimum atomic E-state index is -0.742. The van der Waals surface area contributed by atoms with E-state index in [1.54, 1.807) is 12.1 Å². The normalized spacial score (nSPS) is 12.6. The summed E-state index contributed by atoms with van der Waals surface area (Å²) in [5.41, 5.74) is 0.0320. The Morgan fingerprint density at radius 1 is 1.50 bits per heavy atom. The molecule has 1 amide bonds. The number of nitrogens with one attached hydrogen (secondary N) is 1. The molecule has 0 saturated heterocycles. The Morgan fingerprint density at radius 2 is 2.18 bits per heavy atom. The van der Waals surface area contributed by atoms with E-state index in [0.29, 0.717) is 12.2 Å². The summed E-state index contributed by atoms with van der Waals surface area (Å²) in [4.78, 5) is 11.9. The predicted octanol–water partition coefficient (Wildman–Crippen LogP) is 4.25. The van der Waals surface area contributed by atoms with Crippen LogP contribution >= 0.6 is 11.6 Å². The van der Waals surface area contributed by atoms with Gasteiger partial charge in [0.25, 0.3) is 0 Å². The third-order valence-corrected chi connectivity index (χ3v) is 2.85. The fourth-order valence-corrected chi connectivity index (χ4v) is 1.75. The highest BCUT2D eigenvalue weighted by molar-refractivity contribution is 6.30. The lowest BCUT2D eigenvalue weighted by atomic mass is 10.1. The molecule has 0 aromatic heterocycles. The van der Waals surface area contributed by atoms with Gasteiger partial charge >= 0.3 is 6.09 Å². The number of ether oxygens (including phenoxy) is 2. The van der Waals surface area contributed by atoms with Crippen molar-refractivity contribution in [2.75, 3.05) is 13.2 Å². The van der Waals surface area contributed by atoms with Crippen molar-refractivity contribution in [2.24, 2.45) is 0 Å². The number of carbonyl (C=O) groups is 1. The average molecular weight is 330 g/mol. The van der Waals surface area contributed by atoms with E-state index in [1.165, 1.54) is 12.1 Å². The number of rotatable bonds is 6.